The molecule has 338 valence electrons. The Hall–Kier alpha value is -8.98. The average Bonchev–Trinajstić information content (AvgIpc) is 4.12. The van der Waals surface area contributed by atoms with Crippen molar-refractivity contribution in [2.75, 3.05) is 4.90 Å². The van der Waals surface area contributed by atoms with E-state index in [1.54, 1.807) is 0 Å². The summed E-state index contributed by atoms with van der Waals surface area (Å²) in [6.45, 7) is 4.72. The smallest absolute Gasteiger partial charge is 0.0746 e. The van der Waals surface area contributed by atoms with Crippen molar-refractivity contribution in [1.82, 2.24) is 4.57 Å². The lowest BCUT2D eigenvalue weighted by Crippen LogP contribution is -2.28. The van der Waals surface area contributed by atoms with Gasteiger partial charge in [-0.3, -0.25) is 0 Å². The maximum absolute atomic E-state index is 2.56. The summed E-state index contributed by atoms with van der Waals surface area (Å²) in [4.78, 5) is 2.56. The molecule has 2 nitrogen and oxygen atoms in total. The Kier molecular flexibility index (Phi) is 8.66. The van der Waals surface area contributed by atoms with Crippen molar-refractivity contribution in [2.45, 2.75) is 24.7 Å². The predicted molar refractivity (Wildman–Crippen MR) is 300 cm³/mol. The molecule has 0 atom stereocenters. The predicted octanol–water partition coefficient (Wildman–Crippen LogP) is 18.2. The van der Waals surface area contributed by atoms with Crippen LogP contribution >= 0.6 is 0 Å². The van der Waals surface area contributed by atoms with Crippen molar-refractivity contribution < 1.29 is 0 Å². The van der Waals surface area contributed by atoms with Gasteiger partial charge in [-0.1, -0.05) is 214 Å². The van der Waals surface area contributed by atoms with E-state index >= 15 is 0 Å². The van der Waals surface area contributed by atoms with Crippen LogP contribution in [0.15, 0.2) is 255 Å². The molecule has 0 saturated carbocycles. The molecule has 0 fully saturated rings. The van der Waals surface area contributed by atoms with Crippen LogP contribution in [0, 0.1) is 0 Å². The number of aromatic nitrogens is 1. The van der Waals surface area contributed by atoms with E-state index in [0.29, 0.717) is 0 Å². The van der Waals surface area contributed by atoms with Crippen molar-refractivity contribution in [3.63, 3.8) is 0 Å². The van der Waals surface area contributed by atoms with Crippen LogP contribution in [0.1, 0.15) is 47.2 Å². The first-order valence-corrected chi connectivity index (χ1v) is 25.3. The second-order valence-electron chi connectivity index (χ2n) is 20.3. The van der Waals surface area contributed by atoms with Crippen molar-refractivity contribution in [2.24, 2.45) is 0 Å². The van der Waals surface area contributed by atoms with Gasteiger partial charge < -0.3 is 9.47 Å². The quantitative estimate of drug-likeness (QED) is 0.161. The molecule has 1 heterocycles. The Morgan fingerprint density at radius 2 is 0.750 bits per heavy atom. The first kappa shape index (κ1) is 40.9. The molecule has 3 aliphatic carbocycles. The SMILES string of the molecule is CC1(C)c2ccccc2-c2cc(-c3ccccc3N(c3ccc(-c4ccc(-n5c6ccccc6c6ccccc65)cc4)cc3)c3cccc4c3C3(c5ccccc5-c5ccccc53)c3ccccc3-4)ccc21. The number of fused-ring (bicyclic) bond motifs is 16. The van der Waals surface area contributed by atoms with Crippen molar-refractivity contribution in [1.29, 1.82) is 0 Å². The normalized spacial score (nSPS) is 13.9. The van der Waals surface area contributed by atoms with Gasteiger partial charge in [0.25, 0.3) is 0 Å². The zero-order valence-electron chi connectivity index (χ0n) is 40.1. The standard InChI is InChI=1S/C70H48N2/c1-69(2)59-26-10-3-22-54(59)58-44-47(38-43-60(58)69)50-18-7-14-30-64(50)72(49-41-36-46(37-42-49)45-34-39-48(40-35-45)71-65-31-15-8-23-55(65)56-24-9-16-32-66(56)71)67-33-17-25-57-53-21-6-13-29-63(53)70(68(57)67)61-27-11-4-19-51(61)52-20-5-12-28-62(52)70/h3-44H,1-2H3. The number of hydrogen-bond acceptors (Lipinski definition) is 1. The fourth-order valence-electron chi connectivity index (χ4n) is 13.3. The number of nitrogens with zero attached hydrogens (tertiary/aromatic N) is 2. The molecule has 0 unspecified atom stereocenters. The molecule has 12 aromatic rings. The van der Waals surface area contributed by atoms with Crippen LogP contribution in [0.3, 0.4) is 0 Å². The average molecular weight is 917 g/mol. The van der Waals surface area contributed by atoms with E-state index in [4.69, 9.17) is 0 Å². The zero-order valence-corrected chi connectivity index (χ0v) is 40.1. The molecule has 0 radical (unpaired) electrons. The second-order valence-corrected chi connectivity index (χ2v) is 20.3. The molecule has 1 spiro atoms. The fourth-order valence-corrected chi connectivity index (χ4v) is 13.3. The van der Waals surface area contributed by atoms with Crippen LogP contribution in [0.5, 0.6) is 0 Å². The van der Waals surface area contributed by atoms with Gasteiger partial charge in [0.2, 0.25) is 0 Å². The van der Waals surface area contributed by atoms with Crippen LogP contribution < -0.4 is 4.90 Å². The van der Waals surface area contributed by atoms with E-state index in [-0.39, 0.29) is 5.41 Å². The van der Waals surface area contributed by atoms with Crippen molar-refractivity contribution >= 4 is 38.9 Å². The van der Waals surface area contributed by atoms with Gasteiger partial charge in [-0.15, -0.1) is 0 Å². The van der Waals surface area contributed by atoms with Gasteiger partial charge in [0, 0.05) is 38.7 Å². The first-order chi connectivity index (χ1) is 35.5. The summed E-state index contributed by atoms with van der Waals surface area (Å²) < 4.78 is 2.39. The highest BCUT2D eigenvalue weighted by molar-refractivity contribution is 6.09. The molecule has 15 rings (SSSR count). The Morgan fingerprint density at radius 3 is 1.36 bits per heavy atom. The van der Waals surface area contributed by atoms with E-state index in [2.05, 4.69) is 278 Å². The molecular weight excluding hydrogens is 869 g/mol. The minimum atomic E-state index is -0.538. The van der Waals surface area contributed by atoms with Crippen LogP contribution in [-0.2, 0) is 10.8 Å². The van der Waals surface area contributed by atoms with Gasteiger partial charge in [0.15, 0.2) is 0 Å². The van der Waals surface area contributed by atoms with Gasteiger partial charge in [-0.05, 0) is 132 Å². The highest BCUT2D eigenvalue weighted by Gasteiger charge is 2.53. The maximum Gasteiger partial charge on any atom is 0.0746 e. The van der Waals surface area contributed by atoms with E-state index in [1.807, 2.05) is 0 Å². The molecule has 2 heteroatoms. The van der Waals surface area contributed by atoms with Crippen LogP contribution in [0.25, 0.3) is 83.1 Å². The Labute approximate surface area is 420 Å². The third-order valence-corrected chi connectivity index (χ3v) is 16.4. The van der Waals surface area contributed by atoms with E-state index in [1.165, 1.54) is 117 Å². The van der Waals surface area contributed by atoms with Crippen LogP contribution in [-0.4, -0.2) is 4.57 Å². The van der Waals surface area contributed by atoms with E-state index in [9.17, 15) is 0 Å². The molecule has 0 N–H and O–H groups in total. The molecule has 3 aliphatic rings. The number of para-hydroxylation sites is 3. The van der Waals surface area contributed by atoms with Gasteiger partial charge in [0.05, 0.1) is 27.8 Å². The van der Waals surface area contributed by atoms with Crippen molar-refractivity contribution in [3.8, 4) is 61.3 Å². The lowest BCUT2D eigenvalue weighted by atomic mass is 9.70. The Bertz CT molecular complexity index is 4070. The summed E-state index contributed by atoms with van der Waals surface area (Å²) in [5.41, 5.74) is 26.9. The minimum Gasteiger partial charge on any atom is -0.310 e. The van der Waals surface area contributed by atoms with Crippen LogP contribution in [0.4, 0.5) is 17.1 Å². The molecule has 72 heavy (non-hydrogen) atoms. The second kappa shape index (κ2) is 15.3. The van der Waals surface area contributed by atoms with Gasteiger partial charge in [-0.2, -0.15) is 0 Å². The number of benzene rings is 11. The van der Waals surface area contributed by atoms with Gasteiger partial charge in [0.1, 0.15) is 0 Å². The molecule has 11 aromatic carbocycles. The lowest BCUT2D eigenvalue weighted by molar-refractivity contribution is 0.660. The molecular formula is C70H48N2. The van der Waals surface area contributed by atoms with Crippen molar-refractivity contribution in [3.05, 3.63) is 288 Å². The topological polar surface area (TPSA) is 8.17 Å². The third-order valence-electron chi connectivity index (χ3n) is 16.4. The highest BCUT2D eigenvalue weighted by Crippen LogP contribution is 2.65. The summed E-state index contributed by atoms with van der Waals surface area (Å²) in [6.07, 6.45) is 0. The third kappa shape index (κ3) is 5.55. The van der Waals surface area contributed by atoms with Gasteiger partial charge >= 0.3 is 0 Å². The number of hydrogen-bond donors (Lipinski definition) is 0. The summed E-state index contributed by atoms with van der Waals surface area (Å²) >= 11 is 0. The first-order valence-electron chi connectivity index (χ1n) is 25.3. The molecule has 0 bridgehead atoms. The number of rotatable bonds is 6. The van der Waals surface area contributed by atoms with Crippen LogP contribution in [0.2, 0.25) is 0 Å². The summed E-state index contributed by atoms with van der Waals surface area (Å²) in [7, 11) is 0. The highest BCUT2D eigenvalue weighted by atomic mass is 15.1. The largest absolute Gasteiger partial charge is 0.310 e. The monoisotopic (exact) mass is 916 g/mol. The molecule has 0 saturated heterocycles. The number of anilines is 3. The fraction of sp³-hybridized carbons (Fsp3) is 0.0571. The lowest BCUT2D eigenvalue weighted by Gasteiger charge is -2.36. The molecule has 0 amide bonds. The summed E-state index contributed by atoms with van der Waals surface area (Å²) in [5, 5.41) is 2.54. The minimum absolute atomic E-state index is 0.0785. The van der Waals surface area contributed by atoms with E-state index < -0.39 is 5.41 Å². The summed E-state index contributed by atoms with van der Waals surface area (Å²) in [6, 6.07) is 95.4. The molecule has 1 aromatic heterocycles. The van der Waals surface area contributed by atoms with E-state index in [0.717, 1.165) is 17.1 Å². The molecule has 0 aliphatic heterocycles. The maximum atomic E-state index is 2.56. The summed E-state index contributed by atoms with van der Waals surface area (Å²) in [5.74, 6) is 0. The Balaban J connectivity index is 0.931. The zero-order chi connectivity index (χ0) is 47.7. The Morgan fingerprint density at radius 1 is 0.319 bits per heavy atom. The van der Waals surface area contributed by atoms with Gasteiger partial charge in [-0.25, -0.2) is 0 Å².